The Labute approximate surface area is 113 Å². The van der Waals surface area contributed by atoms with Crippen molar-refractivity contribution < 1.29 is 9.90 Å². The van der Waals surface area contributed by atoms with E-state index < -0.39 is 0 Å². The first-order chi connectivity index (χ1) is 9.15. The van der Waals surface area contributed by atoms with Gasteiger partial charge in [0.05, 0.1) is 18.3 Å². The van der Waals surface area contributed by atoms with Crippen LogP contribution in [0.3, 0.4) is 0 Å². The SMILES string of the molecule is Cc1cccnc1CNC(=O)NC1CCC(O)CC1. The van der Waals surface area contributed by atoms with Crippen LogP contribution in [0.2, 0.25) is 0 Å². The molecule has 0 saturated heterocycles. The van der Waals surface area contributed by atoms with Gasteiger partial charge in [-0.15, -0.1) is 0 Å². The third kappa shape index (κ3) is 4.21. The minimum Gasteiger partial charge on any atom is -0.393 e. The molecule has 0 radical (unpaired) electrons. The van der Waals surface area contributed by atoms with Gasteiger partial charge < -0.3 is 15.7 Å². The van der Waals surface area contributed by atoms with Crippen molar-refractivity contribution in [1.82, 2.24) is 15.6 Å². The van der Waals surface area contributed by atoms with Gasteiger partial charge in [-0.1, -0.05) is 6.07 Å². The minimum absolute atomic E-state index is 0.161. The van der Waals surface area contributed by atoms with Crippen molar-refractivity contribution in [2.24, 2.45) is 0 Å². The third-order valence-corrected chi connectivity index (χ3v) is 3.57. The Balaban J connectivity index is 1.74. The lowest BCUT2D eigenvalue weighted by atomic mass is 9.93. The Bertz CT molecular complexity index is 428. The maximum atomic E-state index is 11.8. The van der Waals surface area contributed by atoms with Gasteiger partial charge in [-0.3, -0.25) is 4.98 Å². The van der Waals surface area contributed by atoms with Crippen LogP contribution in [0.25, 0.3) is 0 Å². The third-order valence-electron chi connectivity index (χ3n) is 3.57. The standard InChI is InChI=1S/C14H21N3O2/c1-10-3-2-8-15-13(10)9-16-14(19)17-11-4-6-12(18)7-5-11/h2-3,8,11-12,18H,4-7,9H2,1H3,(H2,16,17,19). The van der Waals surface area contributed by atoms with Crippen LogP contribution in [0.4, 0.5) is 4.79 Å². The predicted octanol–water partition coefficient (Wildman–Crippen LogP) is 1.49. The molecule has 2 amide bonds. The molecule has 5 heteroatoms. The molecule has 0 spiro atoms. The van der Waals surface area contributed by atoms with Crippen LogP contribution in [-0.4, -0.2) is 28.3 Å². The van der Waals surface area contributed by atoms with E-state index in [1.54, 1.807) is 6.20 Å². The highest BCUT2D eigenvalue weighted by Gasteiger charge is 2.20. The molecule has 0 aromatic carbocycles. The highest BCUT2D eigenvalue weighted by atomic mass is 16.3. The van der Waals surface area contributed by atoms with Crippen molar-refractivity contribution in [2.45, 2.75) is 51.3 Å². The number of amides is 2. The van der Waals surface area contributed by atoms with Crippen molar-refractivity contribution >= 4 is 6.03 Å². The van der Waals surface area contributed by atoms with Gasteiger partial charge in [0, 0.05) is 12.2 Å². The smallest absolute Gasteiger partial charge is 0.315 e. The van der Waals surface area contributed by atoms with Gasteiger partial charge in [-0.2, -0.15) is 0 Å². The highest BCUT2D eigenvalue weighted by molar-refractivity contribution is 5.74. The first-order valence-corrected chi connectivity index (χ1v) is 6.78. The topological polar surface area (TPSA) is 74.2 Å². The molecule has 1 aromatic rings. The summed E-state index contributed by atoms with van der Waals surface area (Å²) in [6.07, 6.45) is 4.75. The average molecular weight is 263 g/mol. The Morgan fingerprint density at radius 1 is 1.42 bits per heavy atom. The van der Waals surface area contributed by atoms with E-state index in [0.29, 0.717) is 6.54 Å². The lowest BCUT2D eigenvalue weighted by Gasteiger charge is -2.26. The molecule has 1 fully saturated rings. The van der Waals surface area contributed by atoms with Gasteiger partial charge in [0.25, 0.3) is 0 Å². The fraction of sp³-hybridized carbons (Fsp3) is 0.571. The molecule has 1 saturated carbocycles. The molecule has 0 aliphatic heterocycles. The van der Waals surface area contributed by atoms with Crippen LogP contribution in [0.1, 0.15) is 36.9 Å². The maximum absolute atomic E-state index is 11.8. The van der Waals surface area contributed by atoms with E-state index in [-0.39, 0.29) is 18.2 Å². The summed E-state index contributed by atoms with van der Waals surface area (Å²) < 4.78 is 0. The zero-order chi connectivity index (χ0) is 13.7. The number of aromatic nitrogens is 1. The van der Waals surface area contributed by atoms with E-state index in [1.807, 2.05) is 19.1 Å². The lowest BCUT2D eigenvalue weighted by molar-refractivity contribution is 0.117. The van der Waals surface area contributed by atoms with Crippen LogP contribution >= 0.6 is 0 Å². The van der Waals surface area contributed by atoms with Gasteiger partial charge in [-0.05, 0) is 44.2 Å². The molecule has 0 atom stereocenters. The molecule has 3 N–H and O–H groups in total. The lowest BCUT2D eigenvalue weighted by Crippen LogP contribution is -2.44. The summed E-state index contributed by atoms with van der Waals surface area (Å²) in [6.45, 7) is 2.41. The number of aliphatic hydroxyl groups is 1. The second-order valence-electron chi connectivity index (χ2n) is 5.10. The van der Waals surface area contributed by atoms with Gasteiger partial charge in [-0.25, -0.2) is 4.79 Å². The van der Waals surface area contributed by atoms with Crippen molar-refractivity contribution in [1.29, 1.82) is 0 Å². The van der Waals surface area contributed by atoms with E-state index in [2.05, 4.69) is 15.6 Å². The summed E-state index contributed by atoms with van der Waals surface area (Å²) in [5, 5.41) is 15.2. The summed E-state index contributed by atoms with van der Waals surface area (Å²) >= 11 is 0. The van der Waals surface area contributed by atoms with Gasteiger partial charge in [0.1, 0.15) is 0 Å². The molecule has 1 aliphatic carbocycles. The largest absolute Gasteiger partial charge is 0.393 e. The molecule has 0 unspecified atom stereocenters. The fourth-order valence-electron chi connectivity index (χ4n) is 2.32. The van der Waals surface area contributed by atoms with Crippen LogP contribution < -0.4 is 10.6 Å². The second-order valence-corrected chi connectivity index (χ2v) is 5.10. The van der Waals surface area contributed by atoms with Gasteiger partial charge in [0.2, 0.25) is 0 Å². The molecule has 104 valence electrons. The van der Waals surface area contributed by atoms with Crippen molar-refractivity contribution in [3.8, 4) is 0 Å². The van der Waals surface area contributed by atoms with Gasteiger partial charge in [0.15, 0.2) is 0 Å². The Morgan fingerprint density at radius 2 is 2.16 bits per heavy atom. The molecule has 5 nitrogen and oxygen atoms in total. The molecule has 1 aromatic heterocycles. The number of nitrogens with one attached hydrogen (secondary N) is 2. The van der Waals surface area contributed by atoms with Crippen molar-refractivity contribution in [3.05, 3.63) is 29.6 Å². The van der Waals surface area contributed by atoms with Crippen LogP contribution in [-0.2, 0) is 6.54 Å². The number of nitrogens with zero attached hydrogens (tertiary/aromatic N) is 1. The molecule has 1 heterocycles. The molecule has 1 aliphatic rings. The van der Waals surface area contributed by atoms with E-state index in [9.17, 15) is 9.90 Å². The summed E-state index contributed by atoms with van der Waals surface area (Å²) in [7, 11) is 0. The first-order valence-electron chi connectivity index (χ1n) is 6.78. The fourth-order valence-corrected chi connectivity index (χ4v) is 2.32. The number of aryl methyl sites for hydroxylation is 1. The number of aliphatic hydroxyl groups excluding tert-OH is 1. The maximum Gasteiger partial charge on any atom is 0.315 e. The molecule has 0 bridgehead atoms. The Kier molecular flexibility index (Phi) is 4.74. The molecular formula is C14H21N3O2. The van der Waals surface area contributed by atoms with E-state index in [1.165, 1.54) is 0 Å². The van der Waals surface area contributed by atoms with Crippen LogP contribution in [0, 0.1) is 6.92 Å². The number of urea groups is 1. The number of rotatable bonds is 3. The number of pyridine rings is 1. The summed E-state index contributed by atoms with van der Waals surface area (Å²) in [6, 6.07) is 3.87. The molecule has 19 heavy (non-hydrogen) atoms. The predicted molar refractivity (Wildman–Crippen MR) is 72.6 cm³/mol. The molecular weight excluding hydrogens is 242 g/mol. The number of carbonyl (C=O) groups excluding carboxylic acids is 1. The van der Waals surface area contributed by atoms with E-state index in [4.69, 9.17) is 0 Å². The molecule has 2 rings (SSSR count). The van der Waals surface area contributed by atoms with Crippen LogP contribution in [0.15, 0.2) is 18.3 Å². The number of hydrogen-bond donors (Lipinski definition) is 3. The van der Waals surface area contributed by atoms with Gasteiger partial charge >= 0.3 is 6.03 Å². The van der Waals surface area contributed by atoms with Crippen molar-refractivity contribution in [3.63, 3.8) is 0 Å². The number of carbonyl (C=O) groups is 1. The highest BCUT2D eigenvalue weighted by Crippen LogP contribution is 2.18. The zero-order valence-electron chi connectivity index (χ0n) is 11.2. The number of hydrogen-bond acceptors (Lipinski definition) is 3. The summed E-state index contributed by atoms with van der Waals surface area (Å²) in [5.41, 5.74) is 1.96. The zero-order valence-corrected chi connectivity index (χ0v) is 11.2. The first kappa shape index (κ1) is 13.8. The Morgan fingerprint density at radius 3 is 2.84 bits per heavy atom. The van der Waals surface area contributed by atoms with E-state index in [0.717, 1.165) is 36.9 Å². The van der Waals surface area contributed by atoms with Crippen molar-refractivity contribution in [2.75, 3.05) is 0 Å². The second kappa shape index (κ2) is 6.52. The normalized spacial score (nSPS) is 22.8. The monoisotopic (exact) mass is 263 g/mol. The Hall–Kier alpha value is -1.62. The summed E-state index contributed by atoms with van der Waals surface area (Å²) in [5.74, 6) is 0. The minimum atomic E-state index is -0.197. The quantitative estimate of drug-likeness (QED) is 0.773. The van der Waals surface area contributed by atoms with Crippen LogP contribution in [0.5, 0.6) is 0 Å². The van der Waals surface area contributed by atoms with E-state index >= 15 is 0 Å². The average Bonchev–Trinajstić information content (AvgIpc) is 2.40. The summed E-state index contributed by atoms with van der Waals surface area (Å²) in [4.78, 5) is 16.0.